The van der Waals surface area contributed by atoms with Crippen LogP contribution in [0.1, 0.15) is 56.3 Å². The van der Waals surface area contributed by atoms with Crippen LogP contribution in [0.3, 0.4) is 0 Å². The molecule has 0 heterocycles. The zero-order chi connectivity index (χ0) is 16.8. The molecule has 0 aromatic heterocycles. The smallest absolute Gasteiger partial charge is 0.341 e. The molecule has 1 saturated carbocycles. The molecule has 0 N–H and O–H groups in total. The largest absolute Gasteiger partial charge is 0.462 e. The Hall–Kier alpha value is -1.91. The fourth-order valence-corrected chi connectivity index (χ4v) is 2.79. The van der Waals surface area contributed by atoms with Crippen LogP contribution in [0.2, 0.25) is 0 Å². The molecule has 0 unspecified atom stereocenters. The van der Waals surface area contributed by atoms with Crippen LogP contribution in [0.4, 0.5) is 8.78 Å². The number of allylic oxidation sites excluding steroid dienone is 1. The fourth-order valence-electron chi connectivity index (χ4n) is 2.79. The third-order valence-corrected chi connectivity index (χ3v) is 4.24. The lowest BCUT2D eigenvalue weighted by Gasteiger charge is -2.27. The van der Waals surface area contributed by atoms with E-state index in [0.29, 0.717) is 5.92 Å². The standard InChI is InChI=1S/C18H22F2O3/c1-3-11-22-15-10-9-14(16(19)17(15)20)18(21)23-13-7-5-12(4-2)6-8-13/h3,9-13H,4-8H2,1-2H3/b11-3+. The van der Waals surface area contributed by atoms with Gasteiger partial charge in [-0.3, -0.25) is 0 Å². The number of halogens is 2. The second-order valence-electron chi connectivity index (χ2n) is 5.78. The van der Waals surface area contributed by atoms with Gasteiger partial charge >= 0.3 is 5.97 Å². The summed E-state index contributed by atoms with van der Waals surface area (Å²) in [6.07, 6.45) is 7.24. The summed E-state index contributed by atoms with van der Waals surface area (Å²) in [6, 6.07) is 2.42. The van der Waals surface area contributed by atoms with Gasteiger partial charge < -0.3 is 9.47 Å². The first kappa shape index (κ1) is 17.4. The zero-order valence-corrected chi connectivity index (χ0v) is 13.5. The van der Waals surface area contributed by atoms with Gasteiger partial charge in [0.15, 0.2) is 11.6 Å². The Morgan fingerprint density at radius 2 is 1.91 bits per heavy atom. The maximum atomic E-state index is 14.0. The van der Waals surface area contributed by atoms with E-state index in [9.17, 15) is 13.6 Å². The van der Waals surface area contributed by atoms with Crippen LogP contribution in [0.5, 0.6) is 5.75 Å². The third kappa shape index (κ3) is 4.30. The van der Waals surface area contributed by atoms with Crippen molar-refractivity contribution in [3.8, 4) is 5.75 Å². The first-order valence-electron chi connectivity index (χ1n) is 8.03. The molecular weight excluding hydrogens is 302 g/mol. The first-order chi connectivity index (χ1) is 11.1. The number of hydrogen-bond acceptors (Lipinski definition) is 3. The van der Waals surface area contributed by atoms with E-state index >= 15 is 0 Å². The summed E-state index contributed by atoms with van der Waals surface area (Å²) < 4.78 is 38.2. The molecule has 1 aromatic rings. The summed E-state index contributed by atoms with van der Waals surface area (Å²) in [5.41, 5.74) is -0.395. The Labute approximate surface area is 135 Å². The van der Waals surface area contributed by atoms with E-state index in [0.717, 1.165) is 32.1 Å². The molecule has 0 saturated heterocycles. The molecule has 1 fully saturated rings. The molecule has 1 aromatic carbocycles. The van der Waals surface area contributed by atoms with Gasteiger partial charge in [-0.15, -0.1) is 0 Å². The number of hydrogen-bond donors (Lipinski definition) is 0. The van der Waals surface area contributed by atoms with Gasteiger partial charge in [-0.05, 0) is 50.7 Å². The summed E-state index contributed by atoms with van der Waals surface area (Å²) in [5, 5.41) is 0. The third-order valence-electron chi connectivity index (χ3n) is 4.24. The van der Waals surface area contributed by atoms with Gasteiger partial charge in [0.25, 0.3) is 0 Å². The highest BCUT2D eigenvalue weighted by molar-refractivity contribution is 5.90. The van der Waals surface area contributed by atoms with Gasteiger partial charge in [-0.25, -0.2) is 9.18 Å². The van der Waals surface area contributed by atoms with E-state index in [2.05, 4.69) is 6.92 Å². The maximum absolute atomic E-state index is 14.0. The van der Waals surface area contributed by atoms with Gasteiger partial charge in [0.1, 0.15) is 6.10 Å². The Morgan fingerprint density at radius 3 is 2.52 bits per heavy atom. The van der Waals surface area contributed by atoms with Crippen LogP contribution in [-0.2, 0) is 4.74 Å². The first-order valence-corrected chi connectivity index (χ1v) is 8.03. The van der Waals surface area contributed by atoms with Crippen molar-refractivity contribution < 1.29 is 23.0 Å². The molecule has 0 bridgehead atoms. The molecule has 23 heavy (non-hydrogen) atoms. The van der Waals surface area contributed by atoms with Gasteiger partial charge in [-0.2, -0.15) is 4.39 Å². The average molecular weight is 324 g/mol. The van der Waals surface area contributed by atoms with Crippen molar-refractivity contribution in [3.05, 3.63) is 41.7 Å². The van der Waals surface area contributed by atoms with Crippen LogP contribution in [0, 0.1) is 17.6 Å². The van der Waals surface area contributed by atoms with Gasteiger partial charge in [0.05, 0.1) is 11.8 Å². The summed E-state index contributed by atoms with van der Waals surface area (Å²) in [6.45, 7) is 3.83. The monoisotopic (exact) mass is 324 g/mol. The number of benzene rings is 1. The maximum Gasteiger partial charge on any atom is 0.341 e. The molecule has 3 nitrogen and oxygen atoms in total. The molecule has 1 aliphatic carbocycles. The SMILES string of the molecule is C/C=C/Oc1ccc(C(=O)OC2CCC(CC)CC2)c(F)c1F. The molecule has 0 aliphatic heterocycles. The summed E-state index contributed by atoms with van der Waals surface area (Å²) >= 11 is 0. The minimum absolute atomic E-state index is 0.216. The Kier molecular flexibility index (Phi) is 6.13. The molecule has 0 amide bonds. The van der Waals surface area contributed by atoms with Gasteiger partial charge in [0, 0.05) is 0 Å². The Bertz CT molecular complexity index is 576. The molecule has 0 spiro atoms. The van der Waals surface area contributed by atoms with Crippen LogP contribution in [-0.4, -0.2) is 12.1 Å². The Balaban J connectivity index is 2.04. The van der Waals surface area contributed by atoms with Crippen molar-refractivity contribution >= 4 is 5.97 Å². The summed E-state index contributed by atoms with van der Waals surface area (Å²) in [5.74, 6) is -2.84. The highest BCUT2D eigenvalue weighted by Crippen LogP contribution is 2.29. The second-order valence-corrected chi connectivity index (χ2v) is 5.78. The quantitative estimate of drug-likeness (QED) is 0.564. The number of carbonyl (C=O) groups excluding carboxylic acids is 1. The highest BCUT2D eigenvalue weighted by Gasteiger charge is 2.26. The molecular formula is C18H22F2O3. The fraction of sp³-hybridized carbons (Fsp3) is 0.500. The van der Waals surface area contributed by atoms with Crippen molar-refractivity contribution in [2.24, 2.45) is 5.92 Å². The number of carbonyl (C=O) groups is 1. The number of rotatable bonds is 5. The normalized spacial score (nSPS) is 21.4. The molecule has 126 valence electrons. The number of esters is 1. The van der Waals surface area contributed by atoms with Gasteiger partial charge in [0.2, 0.25) is 5.82 Å². The topological polar surface area (TPSA) is 35.5 Å². The molecule has 0 radical (unpaired) electrons. The highest BCUT2D eigenvalue weighted by atomic mass is 19.2. The zero-order valence-electron chi connectivity index (χ0n) is 13.5. The van der Waals surface area contributed by atoms with Crippen molar-refractivity contribution in [2.75, 3.05) is 0 Å². The van der Waals surface area contributed by atoms with Crippen LogP contribution in [0.15, 0.2) is 24.5 Å². The molecule has 2 rings (SSSR count). The predicted octanol–water partition coefficient (Wildman–Crippen LogP) is 5.00. The molecule has 5 heteroatoms. The Morgan fingerprint density at radius 1 is 1.22 bits per heavy atom. The lowest BCUT2D eigenvalue weighted by atomic mass is 9.86. The summed E-state index contributed by atoms with van der Waals surface area (Å²) in [7, 11) is 0. The van der Waals surface area contributed by atoms with Crippen molar-refractivity contribution in [2.45, 2.75) is 52.1 Å². The average Bonchev–Trinajstić information content (AvgIpc) is 2.56. The minimum Gasteiger partial charge on any atom is -0.462 e. The minimum atomic E-state index is -1.24. The molecule has 1 aliphatic rings. The summed E-state index contributed by atoms with van der Waals surface area (Å²) in [4.78, 5) is 12.1. The van der Waals surface area contributed by atoms with E-state index in [-0.39, 0.29) is 11.9 Å². The van der Waals surface area contributed by atoms with E-state index in [1.54, 1.807) is 13.0 Å². The van der Waals surface area contributed by atoms with Crippen molar-refractivity contribution in [1.29, 1.82) is 0 Å². The van der Waals surface area contributed by atoms with Crippen LogP contribution in [0.25, 0.3) is 0 Å². The lowest BCUT2D eigenvalue weighted by molar-refractivity contribution is 0.0158. The van der Waals surface area contributed by atoms with E-state index < -0.39 is 23.2 Å². The number of ether oxygens (including phenoxy) is 2. The van der Waals surface area contributed by atoms with Crippen LogP contribution < -0.4 is 4.74 Å². The van der Waals surface area contributed by atoms with E-state index in [1.165, 1.54) is 18.4 Å². The van der Waals surface area contributed by atoms with Crippen molar-refractivity contribution in [1.82, 2.24) is 0 Å². The lowest BCUT2D eigenvalue weighted by Crippen LogP contribution is -2.25. The molecule has 0 atom stereocenters. The predicted molar refractivity (Wildman–Crippen MR) is 83.3 cm³/mol. The van der Waals surface area contributed by atoms with Crippen LogP contribution >= 0.6 is 0 Å². The van der Waals surface area contributed by atoms with Gasteiger partial charge in [-0.1, -0.05) is 19.4 Å². The van der Waals surface area contributed by atoms with Crippen molar-refractivity contribution in [3.63, 3.8) is 0 Å². The van der Waals surface area contributed by atoms with E-state index in [1.807, 2.05) is 0 Å². The second kappa shape index (κ2) is 8.09. The van der Waals surface area contributed by atoms with E-state index in [4.69, 9.17) is 9.47 Å².